The number of urea groups is 2. The minimum atomic E-state index is -1.24. The second-order valence-corrected chi connectivity index (χ2v) is 6.26. The van der Waals surface area contributed by atoms with E-state index in [1.807, 2.05) is 54.6 Å². The van der Waals surface area contributed by atoms with E-state index in [0.717, 1.165) is 16.0 Å². The van der Waals surface area contributed by atoms with Crippen LogP contribution in [0.3, 0.4) is 0 Å². The quantitative estimate of drug-likeness (QED) is 0.799. The van der Waals surface area contributed by atoms with Gasteiger partial charge in [-0.3, -0.25) is 0 Å². The van der Waals surface area contributed by atoms with Gasteiger partial charge in [0.05, 0.1) is 6.54 Å². The maximum Gasteiger partial charge on any atom is 0.325 e. The number of hydrogen-bond acceptors (Lipinski definition) is 3. The van der Waals surface area contributed by atoms with Crippen molar-refractivity contribution in [1.82, 2.24) is 15.5 Å². The molecule has 0 bridgehead atoms. The maximum atomic E-state index is 12.0. The van der Waals surface area contributed by atoms with Crippen molar-refractivity contribution in [2.24, 2.45) is 0 Å². The van der Waals surface area contributed by atoms with Crippen LogP contribution in [0.25, 0.3) is 11.1 Å². The first-order valence-corrected chi connectivity index (χ1v) is 8.19. The second kappa shape index (κ2) is 6.94. The molecule has 3 rings (SSSR count). The van der Waals surface area contributed by atoms with Crippen molar-refractivity contribution in [2.75, 3.05) is 19.6 Å². The van der Waals surface area contributed by atoms with Gasteiger partial charge in [0.2, 0.25) is 0 Å². The van der Waals surface area contributed by atoms with E-state index < -0.39 is 17.7 Å². The Morgan fingerprint density at radius 2 is 1.80 bits per heavy atom. The van der Waals surface area contributed by atoms with Crippen molar-refractivity contribution in [1.29, 1.82) is 0 Å². The zero-order valence-electron chi connectivity index (χ0n) is 14.0. The third-order valence-corrected chi connectivity index (χ3v) is 4.30. The molecule has 2 aromatic rings. The number of benzene rings is 2. The second-order valence-electron chi connectivity index (χ2n) is 6.26. The molecule has 4 amide bonds. The van der Waals surface area contributed by atoms with Crippen LogP contribution in [-0.4, -0.2) is 41.7 Å². The fourth-order valence-corrected chi connectivity index (χ4v) is 2.76. The van der Waals surface area contributed by atoms with Gasteiger partial charge in [-0.05, 0) is 23.6 Å². The van der Waals surface area contributed by atoms with E-state index in [0.29, 0.717) is 18.7 Å². The van der Waals surface area contributed by atoms with Gasteiger partial charge >= 0.3 is 12.1 Å². The topological polar surface area (TPSA) is 81.7 Å². The highest BCUT2D eigenvalue weighted by Crippen LogP contribution is 2.24. The standard InChI is InChI=1S/C19H21N3O3/c1-19(25,13-21-18(24)22-12-11-20-17(22)23)16-9-7-15(8-10-16)14-5-3-2-4-6-14/h2-10,25H,11-13H2,1H3,(H,20,23)(H,21,24)/t19-/m1/s1. The van der Waals surface area contributed by atoms with Crippen LogP contribution in [0.4, 0.5) is 9.59 Å². The van der Waals surface area contributed by atoms with Crippen molar-refractivity contribution >= 4 is 12.1 Å². The molecule has 1 aliphatic rings. The molecule has 0 radical (unpaired) electrons. The molecule has 6 heteroatoms. The van der Waals surface area contributed by atoms with Gasteiger partial charge in [0.15, 0.2) is 0 Å². The van der Waals surface area contributed by atoms with Gasteiger partial charge in [0, 0.05) is 13.1 Å². The van der Waals surface area contributed by atoms with Gasteiger partial charge in [0.1, 0.15) is 5.60 Å². The van der Waals surface area contributed by atoms with Gasteiger partial charge in [-0.25, -0.2) is 14.5 Å². The maximum absolute atomic E-state index is 12.0. The van der Waals surface area contributed by atoms with Crippen molar-refractivity contribution in [2.45, 2.75) is 12.5 Å². The molecule has 0 aliphatic carbocycles. The zero-order valence-corrected chi connectivity index (χ0v) is 14.0. The molecule has 130 valence electrons. The summed E-state index contributed by atoms with van der Waals surface area (Å²) >= 11 is 0. The first kappa shape index (κ1) is 17.0. The fourth-order valence-electron chi connectivity index (χ4n) is 2.76. The summed E-state index contributed by atoms with van der Waals surface area (Å²) in [7, 11) is 0. The lowest BCUT2D eigenvalue weighted by Gasteiger charge is -2.25. The molecule has 1 heterocycles. The van der Waals surface area contributed by atoms with Gasteiger partial charge in [-0.15, -0.1) is 0 Å². The van der Waals surface area contributed by atoms with Crippen LogP contribution in [0, 0.1) is 0 Å². The number of aliphatic hydroxyl groups is 1. The molecule has 3 N–H and O–H groups in total. The Bertz CT molecular complexity index is 757. The molecule has 1 fully saturated rings. The molecule has 1 saturated heterocycles. The lowest BCUT2D eigenvalue weighted by molar-refractivity contribution is 0.0582. The van der Waals surface area contributed by atoms with Crippen molar-refractivity contribution in [3.05, 3.63) is 60.2 Å². The number of nitrogens with zero attached hydrogens (tertiary/aromatic N) is 1. The van der Waals surface area contributed by atoms with Crippen LogP contribution in [0.2, 0.25) is 0 Å². The molecule has 0 spiro atoms. The number of carbonyl (C=O) groups excluding carboxylic acids is 2. The highest BCUT2D eigenvalue weighted by Gasteiger charge is 2.29. The smallest absolute Gasteiger partial charge is 0.325 e. The Morgan fingerprint density at radius 1 is 1.16 bits per heavy atom. The molecule has 0 saturated carbocycles. The number of imide groups is 1. The summed E-state index contributed by atoms with van der Waals surface area (Å²) in [4.78, 5) is 24.6. The number of amides is 4. The fraction of sp³-hybridized carbons (Fsp3) is 0.263. The largest absolute Gasteiger partial charge is 0.384 e. The van der Waals surface area contributed by atoms with Crippen LogP contribution in [0.15, 0.2) is 54.6 Å². The summed E-state index contributed by atoms with van der Waals surface area (Å²) in [5.74, 6) is 0. The number of carbonyl (C=O) groups is 2. The van der Waals surface area contributed by atoms with E-state index in [-0.39, 0.29) is 6.54 Å². The zero-order chi connectivity index (χ0) is 17.9. The molecule has 1 atom stereocenters. The van der Waals surface area contributed by atoms with E-state index in [4.69, 9.17) is 0 Å². The Hall–Kier alpha value is -2.86. The van der Waals surface area contributed by atoms with E-state index >= 15 is 0 Å². The molecular formula is C19H21N3O3. The van der Waals surface area contributed by atoms with Crippen LogP contribution in [0.5, 0.6) is 0 Å². The lowest BCUT2D eigenvalue weighted by Crippen LogP contribution is -2.46. The summed E-state index contributed by atoms with van der Waals surface area (Å²) in [6, 6.07) is 16.6. The van der Waals surface area contributed by atoms with E-state index in [1.54, 1.807) is 6.92 Å². The van der Waals surface area contributed by atoms with E-state index in [1.165, 1.54) is 0 Å². The van der Waals surface area contributed by atoms with Gasteiger partial charge < -0.3 is 15.7 Å². The van der Waals surface area contributed by atoms with Gasteiger partial charge in [-0.1, -0.05) is 54.6 Å². The van der Waals surface area contributed by atoms with Crippen LogP contribution in [-0.2, 0) is 5.60 Å². The highest BCUT2D eigenvalue weighted by molar-refractivity contribution is 5.94. The third-order valence-electron chi connectivity index (χ3n) is 4.30. The van der Waals surface area contributed by atoms with E-state index in [9.17, 15) is 14.7 Å². The van der Waals surface area contributed by atoms with Crippen LogP contribution in [0.1, 0.15) is 12.5 Å². The summed E-state index contributed by atoms with van der Waals surface area (Å²) in [5.41, 5.74) is 1.61. The Morgan fingerprint density at radius 3 is 2.40 bits per heavy atom. The molecule has 0 unspecified atom stereocenters. The first-order chi connectivity index (χ1) is 12.0. The Balaban J connectivity index is 1.65. The molecule has 2 aromatic carbocycles. The van der Waals surface area contributed by atoms with Crippen LogP contribution < -0.4 is 10.6 Å². The van der Waals surface area contributed by atoms with Crippen LogP contribution >= 0.6 is 0 Å². The third kappa shape index (κ3) is 3.80. The average molecular weight is 339 g/mol. The van der Waals surface area contributed by atoms with E-state index in [2.05, 4.69) is 10.6 Å². The summed E-state index contributed by atoms with van der Waals surface area (Å²) < 4.78 is 0. The normalized spacial score (nSPS) is 16.2. The summed E-state index contributed by atoms with van der Waals surface area (Å²) in [5, 5.41) is 15.9. The minimum absolute atomic E-state index is 0.0142. The number of hydrogen-bond donors (Lipinski definition) is 3. The molecule has 25 heavy (non-hydrogen) atoms. The molecule has 0 aromatic heterocycles. The number of rotatable bonds is 4. The summed E-state index contributed by atoms with van der Waals surface area (Å²) in [6.45, 7) is 2.43. The van der Waals surface area contributed by atoms with Crippen molar-refractivity contribution in [3.8, 4) is 11.1 Å². The van der Waals surface area contributed by atoms with Crippen molar-refractivity contribution in [3.63, 3.8) is 0 Å². The monoisotopic (exact) mass is 339 g/mol. The highest BCUT2D eigenvalue weighted by atomic mass is 16.3. The molecule has 1 aliphatic heterocycles. The molecule has 6 nitrogen and oxygen atoms in total. The summed E-state index contributed by atoms with van der Waals surface area (Å²) in [6.07, 6.45) is 0. The lowest BCUT2D eigenvalue weighted by atomic mass is 9.94. The predicted molar refractivity (Wildman–Crippen MR) is 95.0 cm³/mol. The average Bonchev–Trinajstić information content (AvgIpc) is 3.07. The van der Waals surface area contributed by atoms with Gasteiger partial charge in [-0.2, -0.15) is 0 Å². The SMILES string of the molecule is C[C@@](O)(CNC(=O)N1CCNC1=O)c1ccc(-c2ccccc2)cc1. The minimum Gasteiger partial charge on any atom is -0.384 e. The Kier molecular flexibility index (Phi) is 4.72. The molecular weight excluding hydrogens is 318 g/mol. The van der Waals surface area contributed by atoms with Gasteiger partial charge in [0.25, 0.3) is 0 Å². The number of nitrogens with one attached hydrogen (secondary N) is 2. The Labute approximate surface area is 146 Å². The predicted octanol–water partition coefficient (Wildman–Crippen LogP) is 2.30. The van der Waals surface area contributed by atoms with Crippen molar-refractivity contribution < 1.29 is 14.7 Å². The first-order valence-electron chi connectivity index (χ1n) is 8.19.